The average Bonchev–Trinajstić information content (AvgIpc) is 2.22. The van der Waals surface area contributed by atoms with Gasteiger partial charge in [-0.2, -0.15) is 0 Å². The summed E-state index contributed by atoms with van der Waals surface area (Å²) >= 11 is 0. The molecule has 0 saturated carbocycles. The zero-order valence-electron chi connectivity index (χ0n) is 13.0. The van der Waals surface area contributed by atoms with Crippen LogP contribution in [0.5, 0.6) is 0 Å². The van der Waals surface area contributed by atoms with Gasteiger partial charge in [-0.1, -0.05) is 19.8 Å². The molecule has 6 nitrogen and oxygen atoms in total. The molecule has 0 aliphatic rings. The lowest BCUT2D eigenvalue weighted by atomic mass is 10.1. The van der Waals surface area contributed by atoms with Crippen molar-refractivity contribution in [2.45, 2.75) is 51.2 Å². The Balaban J connectivity index is 4.34. The Morgan fingerprint density at radius 3 is 2.25 bits per heavy atom. The van der Waals surface area contributed by atoms with Crippen LogP contribution in [0.4, 0.5) is 0 Å². The normalized spacial score (nSPS) is 14.7. The minimum atomic E-state index is -0.997. The van der Waals surface area contributed by atoms with E-state index in [1.165, 1.54) is 0 Å². The van der Waals surface area contributed by atoms with Crippen molar-refractivity contribution < 1.29 is 29.0 Å². The molecule has 0 spiro atoms. The molecule has 0 aliphatic carbocycles. The van der Waals surface area contributed by atoms with E-state index in [9.17, 15) is 14.7 Å². The zero-order valence-corrected chi connectivity index (χ0v) is 13.0. The molecule has 20 heavy (non-hydrogen) atoms. The Morgan fingerprint density at radius 2 is 1.80 bits per heavy atom. The Bertz CT molecular complexity index is 311. The zero-order chi connectivity index (χ0) is 15.8. The number of carbonyl (C=O) groups excluding carboxylic acids is 1. The highest BCUT2D eigenvalue weighted by Gasteiger charge is 2.25. The maximum atomic E-state index is 11.7. The van der Waals surface area contributed by atoms with Gasteiger partial charge in [-0.15, -0.1) is 0 Å². The van der Waals surface area contributed by atoms with Gasteiger partial charge >= 0.3 is 11.9 Å². The third-order valence-electron chi connectivity index (χ3n) is 2.74. The monoisotopic (exact) mass is 290 g/mol. The van der Waals surface area contributed by atoms with E-state index in [-0.39, 0.29) is 12.8 Å². The first-order valence-electron chi connectivity index (χ1n) is 7.03. The molecule has 0 aromatic rings. The second-order valence-electron chi connectivity index (χ2n) is 6.18. The summed E-state index contributed by atoms with van der Waals surface area (Å²) < 4.78 is 5.70. The molecule has 0 fully saturated rings. The Morgan fingerprint density at radius 1 is 1.20 bits per heavy atom. The lowest BCUT2D eigenvalue weighted by Gasteiger charge is -2.28. The molecular formula is C14H28NO5+. The maximum absolute atomic E-state index is 11.7. The van der Waals surface area contributed by atoms with E-state index in [1.807, 2.05) is 28.1 Å². The number of carboxylic acid groups (broad SMARTS) is 1. The summed E-state index contributed by atoms with van der Waals surface area (Å²) in [5.74, 6) is -1.53. The number of hydrogen-bond donors (Lipinski definition) is 2. The lowest BCUT2D eigenvalue weighted by molar-refractivity contribution is -0.873. The molecule has 2 unspecified atom stereocenters. The van der Waals surface area contributed by atoms with Gasteiger partial charge < -0.3 is 19.4 Å². The summed E-state index contributed by atoms with van der Waals surface area (Å²) in [7, 11) is 5.70. The van der Waals surface area contributed by atoms with Crippen LogP contribution in [0, 0.1) is 0 Å². The van der Waals surface area contributed by atoms with Gasteiger partial charge in [0.15, 0.2) is 6.10 Å². The van der Waals surface area contributed by atoms with Crippen molar-refractivity contribution >= 4 is 11.9 Å². The fraction of sp³-hybridized carbons (Fsp3) is 0.857. The van der Waals surface area contributed by atoms with Gasteiger partial charge in [-0.25, -0.2) is 0 Å². The summed E-state index contributed by atoms with van der Waals surface area (Å²) in [6.07, 6.45) is 0.695. The van der Waals surface area contributed by atoms with Gasteiger partial charge in [0, 0.05) is 0 Å². The van der Waals surface area contributed by atoms with E-state index in [1.54, 1.807) is 0 Å². The number of aliphatic carboxylic acids is 1. The molecule has 0 heterocycles. The fourth-order valence-corrected chi connectivity index (χ4v) is 1.92. The van der Waals surface area contributed by atoms with E-state index in [4.69, 9.17) is 9.84 Å². The van der Waals surface area contributed by atoms with Gasteiger partial charge in [-0.05, 0) is 6.42 Å². The van der Waals surface area contributed by atoms with Crippen molar-refractivity contribution in [1.29, 1.82) is 0 Å². The van der Waals surface area contributed by atoms with Crippen LogP contribution in [0.1, 0.15) is 39.0 Å². The molecule has 6 heteroatoms. The van der Waals surface area contributed by atoms with Gasteiger partial charge in [0.2, 0.25) is 0 Å². The van der Waals surface area contributed by atoms with Crippen LogP contribution in [0.2, 0.25) is 0 Å². The summed E-state index contributed by atoms with van der Waals surface area (Å²) in [4.78, 5) is 22.5. The van der Waals surface area contributed by atoms with Gasteiger partial charge in [0.1, 0.15) is 6.54 Å². The predicted octanol–water partition coefficient (Wildman–Crippen LogP) is 1.02. The number of nitrogens with zero attached hydrogens (tertiary/aromatic N) is 1. The minimum absolute atomic E-state index is 0.0761. The predicted molar refractivity (Wildman–Crippen MR) is 75.2 cm³/mol. The molecule has 0 aliphatic heterocycles. The number of hydrogen-bond acceptors (Lipinski definition) is 4. The van der Waals surface area contributed by atoms with Gasteiger partial charge in [0.25, 0.3) is 0 Å². The number of carbonyl (C=O) groups is 2. The molecule has 0 aromatic carbocycles. The number of unbranched alkanes of at least 4 members (excludes halogenated alkanes) is 1. The van der Waals surface area contributed by atoms with Gasteiger partial charge in [-0.3, -0.25) is 9.59 Å². The average molecular weight is 290 g/mol. The van der Waals surface area contributed by atoms with Crippen LogP contribution in [-0.2, 0) is 14.3 Å². The summed E-state index contributed by atoms with van der Waals surface area (Å²) in [6, 6.07) is 0. The first-order chi connectivity index (χ1) is 9.14. The molecule has 0 aromatic heterocycles. The summed E-state index contributed by atoms with van der Waals surface area (Å²) in [5, 5.41) is 18.5. The molecule has 2 atom stereocenters. The van der Waals surface area contributed by atoms with Crippen molar-refractivity contribution in [2.75, 3.05) is 27.7 Å². The molecule has 0 rings (SSSR count). The largest absolute Gasteiger partial charge is 0.481 e. The Hall–Kier alpha value is -1.14. The van der Waals surface area contributed by atoms with E-state index >= 15 is 0 Å². The standard InChI is InChI=1S/C14H27NO5/c1-5-6-7-11(16)8-14(19)20-12(9-13(17)18)10-15(2,3)4/h11-12,16H,5-10H2,1-4H3/p+1. The number of carboxylic acids is 1. The third-order valence-corrected chi connectivity index (χ3v) is 2.74. The van der Waals surface area contributed by atoms with Crippen molar-refractivity contribution in [2.24, 2.45) is 0 Å². The molecule has 0 bridgehead atoms. The smallest absolute Gasteiger partial charge is 0.308 e. The van der Waals surface area contributed by atoms with E-state index in [0.29, 0.717) is 17.4 Å². The van der Waals surface area contributed by atoms with E-state index in [2.05, 4.69) is 0 Å². The third kappa shape index (κ3) is 10.8. The van der Waals surface area contributed by atoms with Crippen molar-refractivity contribution in [3.05, 3.63) is 0 Å². The maximum Gasteiger partial charge on any atom is 0.308 e. The van der Waals surface area contributed by atoms with Gasteiger partial charge in [0.05, 0.1) is 40.1 Å². The number of esters is 1. The molecule has 0 radical (unpaired) electrons. The number of ether oxygens (including phenoxy) is 1. The number of quaternary nitrogens is 1. The summed E-state index contributed by atoms with van der Waals surface area (Å²) in [6.45, 7) is 2.43. The Kier molecular flexibility index (Phi) is 8.41. The van der Waals surface area contributed by atoms with Crippen LogP contribution in [-0.4, -0.2) is 66.5 Å². The van der Waals surface area contributed by atoms with E-state index in [0.717, 1.165) is 12.8 Å². The lowest BCUT2D eigenvalue weighted by Crippen LogP contribution is -2.44. The van der Waals surface area contributed by atoms with Crippen LogP contribution in [0.15, 0.2) is 0 Å². The molecule has 2 N–H and O–H groups in total. The summed E-state index contributed by atoms with van der Waals surface area (Å²) in [5.41, 5.74) is 0. The van der Waals surface area contributed by atoms with E-state index < -0.39 is 24.1 Å². The highest BCUT2D eigenvalue weighted by atomic mass is 16.5. The van der Waals surface area contributed by atoms with Crippen molar-refractivity contribution in [1.82, 2.24) is 0 Å². The second kappa shape index (κ2) is 8.92. The number of rotatable bonds is 10. The number of aliphatic hydroxyl groups is 1. The molecule has 0 amide bonds. The highest BCUT2D eigenvalue weighted by Crippen LogP contribution is 2.10. The topological polar surface area (TPSA) is 83.8 Å². The quantitative estimate of drug-likeness (QED) is 0.463. The van der Waals surface area contributed by atoms with Crippen LogP contribution >= 0.6 is 0 Å². The number of aliphatic hydroxyl groups excluding tert-OH is 1. The minimum Gasteiger partial charge on any atom is -0.481 e. The highest BCUT2D eigenvalue weighted by molar-refractivity contribution is 5.71. The fourth-order valence-electron chi connectivity index (χ4n) is 1.92. The first kappa shape index (κ1) is 18.9. The van der Waals surface area contributed by atoms with Crippen molar-refractivity contribution in [3.8, 4) is 0 Å². The van der Waals surface area contributed by atoms with Crippen LogP contribution < -0.4 is 0 Å². The second-order valence-corrected chi connectivity index (χ2v) is 6.18. The number of likely N-dealkylation sites (N-methyl/N-ethyl adjacent to an activating group) is 1. The molecular weight excluding hydrogens is 262 g/mol. The Labute approximate surface area is 120 Å². The first-order valence-corrected chi connectivity index (χ1v) is 7.03. The SMILES string of the molecule is CCCCC(O)CC(=O)OC(CC(=O)O)C[N+](C)(C)C. The van der Waals surface area contributed by atoms with Crippen molar-refractivity contribution in [3.63, 3.8) is 0 Å². The van der Waals surface area contributed by atoms with Crippen LogP contribution in [0.25, 0.3) is 0 Å². The van der Waals surface area contributed by atoms with Crippen LogP contribution in [0.3, 0.4) is 0 Å². The molecule has 0 saturated heterocycles. The molecule has 118 valence electrons.